The van der Waals surface area contributed by atoms with Crippen LogP contribution in [-0.2, 0) is 4.74 Å². The molecule has 2 N–H and O–H groups in total. The summed E-state index contributed by atoms with van der Waals surface area (Å²) in [6.07, 6.45) is -2.84. The highest BCUT2D eigenvalue weighted by Gasteiger charge is 2.50. The second kappa shape index (κ2) is 11.2. The first-order valence-corrected chi connectivity index (χ1v) is 16.2. The summed E-state index contributed by atoms with van der Waals surface area (Å²) in [6, 6.07) is 3.33. The van der Waals surface area contributed by atoms with Crippen LogP contribution in [0.2, 0.25) is 5.02 Å². The summed E-state index contributed by atoms with van der Waals surface area (Å²) in [5, 5.41) is 9.69. The van der Waals surface area contributed by atoms with E-state index < -0.39 is 48.5 Å². The predicted molar refractivity (Wildman–Crippen MR) is 165 cm³/mol. The zero-order chi connectivity index (χ0) is 32.8. The van der Waals surface area contributed by atoms with Crippen LogP contribution in [0.3, 0.4) is 0 Å². The van der Waals surface area contributed by atoms with E-state index >= 15 is 4.39 Å². The number of hydrogen-bond acceptors (Lipinski definition) is 10. The lowest BCUT2D eigenvalue weighted by Gasteiger charge is -2.32. The van der Waals surface area contributed by atoms with Crippen molar-refractivity contribution in [3.05, 3.63) is 34.4 Å². The summed E-state index contributed by atoms with van der Waals surface area (Å²) in [4.78, 5) is 12.3. The molecule has 6 heterocycles. The molecular formula is C31H26ClF5N6O3S. The van der Waals surface area contributed by atoms with E-state index in [0.29, 0.717) is 13.0 Å². The average molecular weight is 693 g/mol. The molecule has 16 heteroatoms. The fourth-order valence-electron chi connectivity index (χ4n) is 7.62. The zero-order valence-electron chi connectivity index (χ0n) is 24.5. The summed E-state index contributed by atoms with van der Waals surface area (Å²) in [5.41, 5.74) is 4.87. The van der Waals surface area contributed by atoms with Gasteiger partial charge < -0.3 is 24.8 Å². The minimum absolute atomic E-state index is 0.00605. The SMILES string of the molecule is N#Cc1c(N)sc2c(F)ccc(-c3c(Cl)c4c5c(nc(OC[C@@]67CCCN6C[C@H](F)C7)nc5c3F)N(CC(F)F)C3COCC3O4)c12. The molecule has 2 aromatic heterocycles. The summed E-state index contributed by atoms with van der Waals surface area (Å²) < 4.78 is 92.8. The van der Waals surface area contributed by atoms with Gasteiger partial charge in [-0.15, -0.1) is 11.3 Å². The molecule has 0 amide bonds. The smallest absolute Gasteiger partial charge is 0.319 e. The van der Waals surface area contributed by atoms with Crippen molar-refractivity contribution >= 4 is 54.7 Å². The number of benzene rings is 2. The average Bonchev–Trinajstić information content (AvgIpc) is 3.78. The van der Waals surface area contributed by atoms with Gasteiger partial charge in [-0.2, -0.15) is 15.2 Å². The van der Waals surface area contributed by atoms with Crippen LogP contribution >= 0.6 is 22.9 Å². The van der Waals surface area contributed by atoms with Gasteiger partial charge in [-0.1, -0.05) is 17.7 Å². The molecule has 2 aromatic carbocycles. The first kappa shape index (κ1) is 30.6. The summed E-state index contributed by atoms with van der Waals surface area (Å²) in [5.74, 6) is -1.81. The molecule has 4 atom stereocenters. The summed E-state index contributed by atoms with van der Waals surface area (Å²) in [6.45, 7) is 0.266. The van der Waals surface area contributed by atoms with Gasteiger partial charge in [-0.3, -0.25) is 4.90 Å². The number of fused-ring (bicyclic) bond motifs is 3. The standard InChI is InChI=1S/C31H26ClF5N6O3S/c32-23-21(14-2-3-16(34)27-20(14)15(7-38)28(39)47-27)24(37)25-22-26(23)46-18-11-44-10-17(18)43(9-19(35)36)29(22)41-30(40-25)45-12-31-4-1-5-42(31)8-13(33)6-31/h2-3,13,17-19H,1,4-6,8-12,39H2/t13-,17?,18?,31+/m1/s1. The Hall–Kier alpha value is -3.71. The highest BCUT2D eigenvalue weighted by Crippen LogP contribution is 2.52. The van der Waals surface area contributed by atoms with E-state index in [4.69, 9.17) is 31.5 Å². The van der Waals surface area contributed by atoms with E-state index in [1.807, 2.05) is 11.0 Å². The Balaban J connectivity index is 1.37. The van der Waals surface area contributed by atoms with Crippen LogP contribution in [0, 0.1) is 23.0 Å². The molecule has 9 nitrogen and oxygen atoms in total. The van der Waals surface area contributed by atoms with Crippen molar-refractivity contribution in [1.82, 2.24) is 14.9 Å². The Morgan fingerprint density at radius 1 is 1.23 bits per heavy atom. The first-order valence-electron chi connectivity index (χ1n) is 15.0. The molecule has 0 aliphatic carbocycles. The van der Waals surface area contributed by atoms with E-state index in [9.17, 15) is 22.8 Å². The third-order valence-corrected chi connectivity index (χ3v) is 11.0. The van der Waals surface area contributed by atoms with Gasteiger partial charge in [-0.25, -0.2) is 22.0 Å². The molecule has 47 heavy (non-hydrogen) atoms. The Morgan fingerprint density at radius 2 is 2.06 bits per heavy atom. The molecular weight excluding hydrogens is 667 g/mol. The molecule has 3 saturated heterocycles. The minimum atomic E-state index is -2.81. The zero-order valence-corrected chi connectivity index (χ0v) is 26.1. The maximum absolute atomic E-state index is 17.1. The van der Waals surface area contributed by atoms with Gasteiger partial charge in [0, 0.05) is 23.9 Å². The Bertz CT molecular complexity index is 1990. The van der Waals surface area contributed by atoms with E-state index in [0.717, 1.165) is 23.8 Å². The number of nitrogens with two attached hydrogens (primary N) is 1. The van der Waals surface area contributed by atoms with Crippen molar-refractivity contribution in [2.75, 3.05) is 50.1 Å². The topological polar surface area (TPSA) is 110 Å². The minimum Gasteiger partial charge on any atom is -0.483 e. The van der Waals surface area contributed by atoms with E-state index in [2.05, 4.69) is 9.97 Å². The number of nitrogen functional groups attached to an aromatic ring is 1. The van der Waals surface area contributed by atoms with E-state index in [1.54, 1.807) is 0 Å². The maximum Gasteiger partial charge on any atom is 0.319 e. The number of thiophene rings is 1. The summed E-state index contributed by atoms with van der Waals surface area (Å²) in [7, 11) is 0. The monoisotopic (exact) mass is 692 g/mol. The summed E-state index contributed by atoms with van der Waals surface area (Å²) >= 11 is 7.79. The number of alkyl halides is 3. The second-order valence-electron chi connectivity index (χ2n) is 12.3. The lowest BCUT2D eigenvalue weighted by Crippen LogP contribution is -2.47. The quantitative estimate of drug-likeness (QED) is 0.240. The molecule has 0 radical (unpaired) electrons. The highest BCUT2D eigenvalue weighted by atomic mass is 35.5. The Morgan fingerprint density at radius 3 is 2.85 bits per heavy atom. The van der Waals surface area contributed by atoms with Crippen LogP contribution < -0.4 is 20.1 Å². The molecule has 4 aliphatic rings. The second-order valence-corrected chi connectivity index (χ2v) is 13.7. The molecule has 2 unspecified atom stereocenters. The number of aromatic nitrogens is 2. The highest BCUT2D eigenvalue weighted by molar-refractivity contribution is 7.23. The van der Waals surface area contributed by atoms with Crippen LogP contribution in [0.25, 0.3) is 32.1 Å². The van der Waals surface area contributed by atoms with Gasteiger partial charge in [0.25, 0.3) is 6.43 Å². The third-order valence-electron chi connectivity index (χ3n) is 9.65. The number of nitriles is 1. The van der Waals surface area contributed by atoms with Crippen molar-refractivity contribution in [2.45, 2.75) is 49.5 Å². The van der Waals surface area contributed by atoms with Gasteiger partial charge in [-0.05, 0) is 31.0 Å². The van der Waals surface area contributed by atoms with Gasteiger partial charge in [0.15, 0.2) is 11.6 Å². The van der Waals surface area contributed by atoms with Crippen molar-refractivity contribution in [2.24, 2.45) is 0 Å². The van der Waals surface area contributed by atoms with Crippen LogP contribution in [0.15, 0.2) is 12.1 Å². The van der Waals surface area contributed by atoms with Gasteiger partial charge in [0.05, 0.1) is 52.0 Å². The molecule has 0 spiro atoms. The number of anilines is 2. The molecule has 4 aromatic rings. The normalized spacial score (nSPS) is 25.3. The van der Waals surface area contributed by atoms with Gasteiger partial charge in [0.2, 0.25) is 0 Å². The first-order chi connectivity index (χ1) is 22.6. The van der Waals surface area contributed by atoms with Crippen molar-refractivity contribution in [1.29, 1.82) is 5.26 Å². The van der Waals surface area contributed by atoms with Crippen LogP contribution in [0.5, 0.6) is 11.8 Å². The number of rotatable bonds is 6. The van der Waals surface area contributed by atoms with Crippen LogP contribution in [0.1, 0.15) is 24.8 Å². The Kier molecular flexibility index (Phi) is 7.28. The Labute approximate surface area is 273 Å². The van der Waals surface area contributed by atoms with Gasteiger partial charge >= 0.3 is 6.01 Å². The molecule has 246 valence electrons. The maximum atomic E-state index is 17.1. The van der Waals surface area contributed by atoms with E-state index in [1.165, 1.54) is 11.0 Å². The lowest BCUT2D eigenvalue weighted by molar-refractivity contribution is 0.107. The third kappa shape index (κ3) is 4.67. The fourth-order valence-corrected chi connectivity index (χ4v) is 8.89. The molecule has 0 bridgehead atoms. The van der Waals surface area contributed by atoms with Crippen LogP contribution in [-0.4, -0.2) is 84.6 Å². The molecule has 0 saturated carbocycles. The van der Waals surface area contributed by atoms with Crippen molar-refractivity contribution < 1.29 is 36.2 Å². The van der Waals surface area contributed by atoms with Crippen molar-refractivity contribution in [3.8, 4) is 29.0 Å². The van der Waals surface area contributed by atoms with Crippen molar-refractivity contribution in [3.63, 3.8) is 0 Å². The molecule has 3 fully saturated rings. The number of hydrogen-bond donors (Lipinski definition) is 1. The largest absolute Gasteiger partial charge is 0.483 e. The predicted octanol–water partition coefficient (Wildman–Crippen LogP) is 6.08. The van der Waals surface area contributed by atoms with Crippen LogP contribution in [0.4, 0.5) is 32.8 Å². The fraction of sp³-hybridized carbons (Fsp3) is 0.452. The van der Waals surface area contributed by atoms with Gasteiger partial charge in [0.1, 0.15) is 47.1 Å². The van der Waals surface area contributed by atoms with E-state index in [-0.39, 0.29) is 98.1 Å². The lowest BCUT2D eigenvalue weighted by atomic mass is 9.95. The molecule has 4 aliphatic heterocycles. The number of halogens is 6. The number of nitrogens with zero attached hydrogens (tertiary/aromatic N) is 5. The molecule has 8 rings (SSSR count). The number of ether oxygens (including phenoxy) is 3.